The van der Waals surface area contributed by atoms with Crippen LogP contribution in [0.2, 0.25) is 5.02 Å². The summed E-state index contributed by atoms with van der Waals surface area (Å²) in [5.74, 6) is 1.41. The molecule has 1 aromatic heterocycles. The molecule has 0 bridgehead atoms. The van der Waals surface area contributed by atoms with Crippen LogP contribution in [-0.2, 0) is 17.8 Å². The van der Waals surface area contributed by atoms with Gasteiger partial charge in [-0.3, -0.25) is 9.59 Å². The molecule has 2 heterocycles. The normalized spacial score (nSPS) is 14.6. The molecule has 244 valence electrons. The van der Waals surface area contributed by atoms with E-state index in [0.29, 0.717) is 47.2 Å². The quantitative estimate of drug-likeness (QED) is 0.131. The molecule has 2 amide bonds. The van der Waals surface area contributed by atoms with Crippen molar-refractivity contribution in [2.75, 3.05) is 19.6 Å². The molecule has 0 aliphatic carbocycles. The lowest BCUT2D eigenvalue weighted by Crippen LogP contribution is -2.45. The molecular weight excluding hydrogens is 610 g/mol. The Labute approximate surface area is 281 Å². The molecule has 2 atom stereocenters. The summed E-state index contributed by atoms with van der Waals surface area (Å²) in [4.78, 5) is 26.5. The fourth-order valence-corrected chi connectivity index (χ4v) is 6.01. The van der Waals surface area contributed by atoms with Gasteiger partial charge in [-0.15, -0.1) is 0 Å². The van der Waals surface area contributed by atoms with Crippen LogP contribution in [0.15, 0.2) is 83.3 Å². The highest BCUT2D eigenvalue weighted by molar-refractivity contribution is 6.34. The summed E-state index contributed by atoms with van der Waals surface area (Å²) in [5, 5.41) is 22.5. The molecule has 0 radical (unpaired) electrons. The maximum absolute atomic E-state index is 13.7. The van der Waals surface area contributed by atoms with Crippen LogP contribution in [0.5, 0.6) is 0 Å². The number of nitriles is 1. The first-order valence-electron chi connectivity index (χ1n) is 16.2. The molecule has 4 N–H and O–H groups in total. The van der Waals surface area contributed by atoms with E-state index in [-0.39, 0.29) is 24.4 Å². The molecule has 1 saturated heterocycles. The maximum atomic E-state index is 13.7. The number of nitrogens with one attached hydrogen (secondary N) is 4. The molecule has 0 spiro atoms. The zero-order valence-corrected chi connectivity index (χ0v) is 27.7. The van der Waals surface area contributed by atoms with Crippen LogP contribution in [0.4, 0.5) is 0 Å². The number of carbonyl (C=O) groups is 2. The zero-order chi connectivity index (χ0) is 33.2. The number of rotatable bonds is 13. The first kappa shape index (κ1) is 33.9. The van der Waals surface area contributed by atoms with E-state index < -0.39 is 6.04 Å². The van der Waals surface area contributed by atoms with Crippen LogP contribution in [0.25, 0.3) is 11.3 Å². The summed E-state index contributed by atoms with van der Waals surface area (Å²) in [7, 11) is 0. The monoisotopic (exact) mass is 651 g/mol. The summed E-state index contributed by atoms with van der Waals surface area (Å²) in [6.45, 7) is 6.87. The molecule has 1 aliphatic rings. The highest BCUT2D eigenvalue weighted by Crippen LogP contribution is 2.28. The van der Waals surface area contributed by atoms with Crippen molar-refractivity contribution in [1.29, 1.82) is 5.26 Å². The van der Waals surface area contributed by atoms with Crippen LogP contribution in [0.1, 0.15) is 70.6 Å². The summed E-state index contributed by atoms with van der Waals surface area (Å²) in [5.41, 5.74) is 4.98. The fraction of sp³-hybridized carbons (Fsp3) is 0.342. The van der Waals surface area contributed by atoms with Crippen LogP contribution in [-0.4, -0.2) is 37.5 Å². The summed E-state index contributed by atoms with van der Waals surface area (Å²) >= 11 is 6.54. The molecule has 5 rings (SSSR count). The Balaban J connectivity index is 1.25. The minimum atomic E-state index is -0.399. The number of hydrogen-bond donors (Lipinski definition) is 4. The molecule has 8 nitrogen and oxygen atoms in total. The number of aryl methyl sites for hydroxylation is 1. The zero-order valence-electron chi connectivity index (χ0n) is 26.9. The first-order valence-corrected chi connectivity index (χ1v) is 16.6. The average Bonchev–Trinajstić information content (AvgIpc) is 3.56. The van der Waals surface area contributed by atoms with Crippen molar-refractivity contribution in [2.45, 2.75) is 58.2 Å². The third-order valence-electron chi connectivity index (χ3n) is 8.70. The number of benzene rings is 3. The summed E-state index contributed by atoms with van der Waals surface area (Å²) in [6, 6.07) is 26.7. The van der Waals surface area contributed by atoms with Gasteiger partial charge in [-0.2, -0.15) is 5.26 Å². The molecule has 1 fully saturated rings. The van der Waals surface area contributed by atoms with Gasteiger partial charge in [0.2, 0.25) is 5.91 Å². The minimum Gasteiger partial charge on any atom is -0.460 e. The highest BCUT2D eigenvalue weighted by atomic mass is 35.5. The predicted octanol–water partition coefficient (Wildman–Crippen LogP) is 6.48. The number of furan rings is 1. The molecule has 3 aromatic carbocycles. The van der Waals surface area contributed by atoms with E-state index in [0.717, 1.165) is 42.8 Å². The molecule has 1 aliphatic heterocycles. The number of nitrogens with zero attached hydrogens (tertiary/aromatic N) is 1. The third kappa shape index (κ3) is 9.79. The fourth-order valence-electron chi connectivity index (χ4n) is 5.80. The van der Waals surface area contributed by atoms with Gasteiger partial charge in [-0.25, -0.2) is 0 Å². The molecule has 47 heavy (non-hydrogen) atoms. The Kier molecular flexibility index (Phi) is 11.9. The lowest BCUT2D eigenvalue weighted by molar-refractivity contribution is -0.122. The van der Waals surface area contributed by atoms with Crippen LogP contribution in [0, 0.1) is 24.2 Å². The second kappa shape index (κ2) is 16.4. The van der Waals surface area contributed by atoms with Gasteiger partial charge in [0.25, 0.3) is 5.91 Å². The van der Waals surface area contributed by atoms with Gasteiger partial charge >= 0.3 is 0 Å². The van der Waals surface area contributed by atoms with E-state index >= 15 is 0 Å². The molecule has 4 aromatic rings. The van der Waals surface area contributed by atoms with E-state index in [1.165, 1.54) is 11.1 Å². The Morgan fingerprint density at radius 2 is 1.77 bits per heavy atom. The van der Waals surface area contributed by atoms with Crippen LogP contribution >= 0.6 is 11.6 Å². The summed E-state index contributed by atoms with van der Waals surface area (Å²) in [6.07, 6.45) is 2.90. The number of piperidine rings is 1. The van der Waals surface area contributed by atoms with Crippen molar-refractivity contribution in [3.05, 3.63) is 117 Å². The first-order chi connectivity index (χ1) is 22.8. The number of halogens is 1. The van der Waals surface area contributed by atoms with Crippen molar-refractivity contribution < 1.29 is 14.0 Å². The van der Waals surface area contributed by atoms with Crippen molar-refractivity contribution in [3.8, 4) is 17.4 Å². The largest absolute Gasteiger partial charge is 0.460 e. The highest BCUT2D eigenvalue weighted by Gasteiger charge is 2.21. The lowest BCUT2D eigenvalue weighted by Gasteiger charge is -2.23. The molecule has 9 heteroatoms. The van der Waals surface area contributed by atoms with Gasteiger partial charge in [0.05, 0.1) is 34.8 Å². The van der Waals surface area contributed by atoms with E-state index in [2.05, 4.69) is 65.4 Å². The summed E-state index contributed by atoms with van der Waals surface area (Å²) < 4.78 is 6.14. The standard InChI is InChI=1S/C38H42ClN5O3/c1-25-3-9-30(10-4-25)26(2)42-24-33-12-14-36(47-33)31-11-13-35(39)34(21-31)38(46)44-32(19-27-5-7-29(22-40)8-6-27)23-43-37(45)20-28-15-17-41-18-16-28/h3-14,21,26,28,32,41-42H,15-20,23-24H2,1-2H3,(H,43,45)(H,44,46). The van der Waals surface area contributed by atoms with E-state index in [9.17, 15) is 14.9 Å². The van der Waals surface area contributed by atoms with Crippen LogP contribution in [0.3, 0.4) is 0 Å². The second-order valence-electron chi connectivity index (χ2n) is 12.4. The van der Waals surface area contributed by atoms with Gasteiger partial charge < -0.3 is 25.7 Å². The molecule has 2 unspecified atom stereocenters. The predicted molar refractivity (Wildman–Crippen MR) is 185 cm³/mol. The van der Waals surface area contributed by atoms with Gasteiger partial charge in [0.15, 0.2) is 0 Å². The maximum Gasteiger partial charge on any atom is 0.253 e. The lowest BCUT2D eigenvalue weighted by atomic mass is 9.94. The number of carbonyl (C=O) groups excluding carboxylic acids is 2. The third-order valence-corrected chi connectivity index (χ3v) is 9.03. The van der Waals surface area contributed by atoms with Gasteiger partial charge in [0.1, 0.15) is 11.5 Å². The van der Waals surface area contributed by atoms with E-state index in [4.69, 9.17) is 16.0 Å². The van der Waals surface area contributed by atoms with E-state index in [1.807, 2.05) is 30.3 Å². The second-order valence-corrected chi connectivity index (χ2v) is 12.8. The average molecular weight is 652 g/mol. The van der Waals surface area contributed by atoms with Gasteiger partial charge in [0, 0.05) is 24.6 Å². The Morgan fingerprint density at radius 3 is 2.49 bits per heavy atom. The SMILES string of the molecule is Cc1ccc(C(C)NCc2ccc(-c3ccc(Cl)c(C(=O)NC(CNC(=O)CC4CCNCC4)Cc4ccc(C#N)cc4)c3)o2)cc1. The van der Waals surface area contributed by atoms with E-state index in [1.54, 1.807) is 24.3 Å². The smallest absolute Gasteiger partial charge is 0.253 e. The van der Waals surface area contributed by atoms with Gasteiger partial charge in [-0.1, -0.05) is 53.6 Å². The van der Waals surface area contributed by atoms with Crippen molar-refractivity contribution in [1.82, 2.24) is 21.3 Å². The number of hydrogen-bond acceptors (Lipinski definition) is 6. The topological polar surface area (TPSA) is 119 Å². The molecular formula is C38H42ClN5O3. The Bertz CT molecular complexity index is 1690. The Morgan fingerprint density at radius 1 is 1.02 bits per heavy atom. The molecule has 0 saturated carbocycles. The number of amides is 2. The van der Waals surface area contributed by atoms with Crippen molar-refractivity contribution in [3.63, 3.8) is 0 Å². The minimum absolute atomic E-state index is 0.0209. The van der Waals surface area contributed by atoms with Crippen LogP contribution < -0.4 is 21.3 Å². The van der Waals surface area contributed by atoms with Crippen molar-refractivity contribution >= 4 is 23.4 Å². The van der Waals surface area contributed by atoms with Crippen molar-refractivity contribution in [2.24, 2.45) is 5.92 Å². The van der Waals surface area contributed by atoms with Gasteiger partial charge in [-0.05, 0) is 106 Å². The Hall–Kier alpha value is -4.42.